The fraction of sp³-hybridized carbons (Fsp3) is 0.261. The van der Waals surface area contributed by atoms with Crippen molar-refractivity contribution in [3.8, 4) is 11.3 Å². The van der Waals surface area contributed by atoms with Gasteiger partial charge in [-0.25, -0.2) is 40.5 Å². The maximum Gasteiger partial charge on any atom is 0.244 e. The Morgan fingerprint density at radius 3 is 2.14 bits per heavy atom. The summed E-state index contributed by atoms with van der Waals surface area (Å²) in [5.41, 5.74) is 1.49. The molecule has 0 unspecified atom stereocenters. The molecule has 0 atom stereocenters. The number of imidazole rings is 1. The molecule has 0 radical (unpaired) electrons. The number of aromatic nitrogens is 4. The Labute approximate surface area is 203 Å². The summed E-state index contributed by atoms with van der Waals surface area (Å²) < 4.78 is 68.7. The molecule has 0 amide bonds. The zero-order chi connectivity index (χ0) is 25.7. The van der Waals surface area contributed by atoms with Crippen LogP contribution in [-0.4, -0.2) is 49.7 Å². The lowest BCUT2D eigenvalue weighted by atomic mass is 10.1. The van der Waals surface area contributed by atoms with Crippen molar-refractivity contribution in [1.29, 1.82) is 0 Å². The summed E-state index contributed by atoms with van der Waals surface area (Å²) in [4.78, 5) is 12.9. The van der Waals surface area contributed by atoms with Crippen LogP contribution in [0.4, 0.5) is 10.3 Å². The first-order valence-corrected chi connectivity index (χ1v) is 13.9. The lowest BCUT2D eigenvalue weighted by Gasteiger charge is -2.21. The molecule has 0 N–H and O–H groups in total. The number of aryl methyl sites for hydroxylation is 1. The van der Waals surface area contributed by atoms with E-state index < -0.39 is 31.6 Å². The summed E-state index contributed by atoms with van der Waals surface area (Å²) in [6.45, 7) is 3.49. The van der Waals surface area contributed by atoms with E-state index in [0.29, 0.717) is 11.0 Å². The van der Waals surface area contributed by atoms with Gasteiger partial charge in [0, 0.05) is 19.7 Å². The fourth-order valence-electron chi connectivity index (χ4n) is 3.66. The first-order chi connectivity index (χ1) is 16.3. The first kappa shape index (κ1) is 24.7. The minimum absolute atomic E-state index is 0.0405. The zero-order valence-corrected chi connectivity index (χ0v) is 21.4. The van der Waals surface area contributed by atoms with E-state index in [2.05, 4.69) is 15.0 Å². The highest BCUT2D eigenvalue weighted by atomic mass is 32.2. The van der Waals surface area contributed by atoms with Gasteiger partial charge in [0.1, 0.15) is 10.7 Å². The van der Waals surface area contributed by atoms with Gasteiger partial charge in [-0.05, 0) is 42.3 Å². The number of rotatable bonds is 6. The molecule has 12 heteroatoms. The van der Waals surface area contributed by atoms with Crippen LogP contribution < -0.4 is 4.31 Å². The number of anilines is 1. The second kappa shape index (κ2) is 8.68. The largest absolute Gasteiger partial charge is 0.318 e. The van der Waals surface area contributed by atoms with Gasteiger partial charge in [0.2, 0.25) is 31.0 Å². The third-order valence-corrected chi connectivity index (χ3v) is 8.52. The molecular weight excluding hydrogens is 493 g/mol. The molecule has 35 heavy (non-hydrogen) atoms. The van der Waals surface area contributed by atoms with E-state index in [9.17, 15) is 21.2 Å². The summed E-state index contributed by atoms with van der Waals surface area (Å²) in [6.07, 6.45) is 0.993. The van der Waals surface area contributed by atoms with Crippen molar-refractivity contribution in [1.82, 2.24) is 19.5 Å². The maximum absolute atomic E-state index is 14.1. The summed E-state index contributed by atoms with van der Waals surface area (Å²) in [5.74, 6) is -1.14. The van der Waals surface area contributed by atoms with E-state index in [1.807, 2.05) is 0 Å². The first-order valence-electron chi connectivity index (χ1n) is 10.6. The van der Waals surface area contributed by atoms with Crippen molar-refractivity contribution in [3.05, 3.63) is 60.0 Å². The van der Waals surface area contributed by atoms with Gasteiger partial charge in [-0.1, -0.05) is 26.0 Å². The van der Waals surface area contributed by atoms with Crippen molar-refractivity contribution in [2.45, 2.75) is 29.8 Å². The normalized spacial score (nSPS) is 12.4. The van der Waals surface area contributed by atoms with Crippen molar-refractivity contribution >= 4 is 36.8 Å². The Morgan fingerprint density at radius 1 is 0.943 bits per heavy atom. The summed E-state index contributed by atoms with van der Waals surface area (Å²) >= 11 is 0. The van der Waals surface area contributed by atoms with Gasteiger partial charge in [-0.2, -0.15) is 0 Å². The number of fused-ring (bicyclic) bond motifs is 1. The summed E-state index contributed by atoms with van der Waals surface area (Å²) in [6, 6.07) is 12.1. The Hall–Kier alpha value is -3.38. The van der Waals surface area contributed by atoms with Gasteiger partial charge in [0.15, 0.2) is 0 Å². The second-order valence-electron chi connectivity index (χ2n) is 8.42. The number of sulfone groups is 1. The number of halogens is 1. The highest BCUT2D eigenvalue weighted by Crippen LogP contribution is 2.37. The highest BCUT2D eigenvalue weighted by Gasteiger charge is 2.34. The van der Waals surface area contributed by atoms with E-state index in [1.54, 1.807) is 45.2 Å². The lowest BCUT2D eigenvalue weighted by Crippen LogP contribution is -2.28. The van der Waals surface area contributed by atoms with Crippen molar-refractivity contribution in [2.75, 3.05) is 17.6 Å². The Balaban J connectivity index is 2.11. The molecule has 0 fully saturated rings. The molecule has 0 bridgehead atoms. The van der Waals surface area contributed by atoms with Crippen LogP contribution in [0.5, 0.6) is 0 Å². The molecule has 0 saturated carbocycles. The van der Waals surface area contributed by atoms with Crippen LogP contribution >= 0.6 is 0 Å². The van der Waals surface area contributed by atoms with Crippen LogP contribution in [0.2, 0.25) is 0 Å². The molecule has 0 aliphatic rings. The van der Waals surface area contributed by atoms with E-state index >= 15 is 0 Å². The molecule has 0 aliphatic heterocycles. The molecule has 2 aromatic heterocycles. The van der Waals surface area contributed by atoms with E-state index in [0.717, 1.165) is 10.6 Å². The number of sulfonamides is 1. The molecule has 0 spiro atoms. The van der Waals surface area contributed by atoms with Gasteiger partial charge in [-0.3, -0.25) is 0 Å². The monoisotopic (exact) mass is 517 g/mol. The highest BCUT2D eigenvalue weighted by molar-refractivity contribution is 7.92. The number of hydrogen-bond donors (Lipinski definition) is 0. The molecule has 2 aromatic carbocycles. The van der Waals surface area contributed by atoms with Gasteiger partial charge < -0.3 is 4.57 Å². The van der Waals surface area contributed by atoms with Crippen LogP contribution in [0.25, 0.3) is 22.3 Å². The van der Waals surface area contributed by atoms with E-state index in [-0.39, 0.29) is 33.0 Å². The molecule has 4 aromatic rings. The average Bonchev–Trinajstić information content (AvgIpc) is 3.15. The number of para-hydroxylation sites is 2. The van der Waals surface area contributed by atoms with Crippen molar-refractivity contribution in [2.24, 2.45) is 7.05 Å². The third kappa shape index (κ3) is 4.39. The molecular formula is C23H24FN5O4S2. The molecule has 9 nitrogen and oxygen atoms in total. The predicted octanol–water partition coefficient (Wildman–Crippen LogP) is 3.52. The SMILES string of the molecule is CC(C)c1nc(N(C)S(C)(=O)=O)nc(-c2ccc(F)cc2)c1S(=O)(=O)c1nc2ccccc2n1C. The predicted molar refractivity (Wildman–Crippen MR) is 131 cm³/mol. The fourth-order valence-corrected chi connectivity index (χ4v) is 5.87. The van der Waals surface area contributed by atoms with Gasteiger partial charge in [0.05, 0.1) is 28.7 Å². The average molecular weight is 518 g/mol. The van der Waals surface area contributed by atoms with Crippen LogP contribution in [0.1, 0.15) is 25.5 Å². The van der Waals surface area contributed by atoms with Crippen LogP contribution in [0.15, 0.2) is 58.6 Å². The minimum atomic E-state index is -4.31. The van der Waals surface area contributed by atoms with Crippen molar-refractivity contribution < 1.29 is 21.2 Å². The summed E-state index contributed by atoms with van der Waals surface area (Å²) in [5, 5.41) is -0.211. The Morgan fingerprint density at radius 2 is 1.57 bits per heavy atom. The standard InChI is InChI=1S/C23H24FN5O4S2/c1-14(2)19-21(35(32,33)23-25-17-8-6-7-9-18(17)28(23)3)20(15-10-12-16(24)13-11-15)27-22(26-19)29(4)34(5,30)31/h6-14H,1-5H3. The van der Waals surface area contributed by atoms with Crippen LogP contribution in [0, 0.1) is 5.82 Å². The number of hydrogen-bond acceptors (Lipinski definition) is 7. The molecule has 4 rings (SSSR count). The van der Waals surface area contributed by atoms with Gasteiger partial charge >= 0.3 is 0 Å². The quantitative estimate of drug-likeness (QED) is 0.384. The topological polar surface area (TPSA) is 115 Å². The zero-order valence-electron chi connectivity index (χ0n) is 19.8. The number of nitrogens with zero attached hydrogens (tertiary/aromatic N) is 5. The lowest BCUT2D eigenvalue weighted by molar-refractivity contribution is 0.577. The van der Waals surface area contributed by atoms with E-state index in [1.165, 1.54) is 35.9 Å². The van der Waals surface area contributed by atoms with E-state index in [4.69, 9.17) is 0 Å². The maximum atomic E-state index is 14.1. The van der Waals surface area contributed by atoms with Gasteiger partial charge in [0.25, 0.3) is 0 Å². The minimum Gasteiger partial charge on any atom is -0.318 e. The van der Waals surface area contributed by atoms with Crippen LogP contribution in [0.3, 0.4) is 0 Å². The van der Waals surface area contributed by atoms with Crippen LogP contribution in [-0.2, 0) is 26.9 Å². The Kier molecular flexibility index (Phi) is 6.14. The molecule has 0 aliphatic carbocycles. The molecule has 184 valence electrons. The third-order valence-electron chi connectivity index (χ3n) is 5.58. The number of benzene rings is 2. The second-order valence-corrected chi connectivity index (χ2v) is 12.2. The smallest absolute Gasteiger partial charge is 0.244 e. The molecule has 2 heterocycles. The van der Waals surface area contributed by atoms with Gasteiger partial charge in [-0.15, -0.1) is 0 Å². The molecule has 0 saturated heterocycles. The Bertz CT molecular complexity index is 1650. The van der Waals surface area contributed by atoms with Crippen molar-refractivity contribution in [3.63, 3.8) is 0 Å². The summed E-state index contributed by atoms with van der Waals surface area (Å²) in [7, 11) is -5.18.